The summed E-state index contributed by atoms with van der Waals surface area (Å²) in [5.74, 6) is 0.947. The van der Waals surface area contributed by atoms with Crippen LogP contribution in [0.1, 0.15) is 50.6 Å². The Labute approximate surface area is 186 Å². The number of carbonyl (C=O) groups excluding carboxylic acids is 1. The van der Waals surface area contributed by atoms with Crippen molar-refractivity contribution in [3.05, 3.63) is 34.9 Å². The summed E-state index contributed by atoms with van der Waals surface area (Å²) in [4.78, 5) is 17.3. The molecule has 2 bridgehead atoms. The highest BCUT2D eigenvalue weighted by Crippen LogP contribution is 2.33. The number of halogens is 3. The van der Waals surface area contributed by atoms with Crippen molar-refractivity contribution >= 4 is 42.3 Å². The van der Waals surface area contributed by atoms with Gasteiger partial charge in [0.15, 0.2) is 0 Å². The van der Waals surface area contributed by atoms with E-state index in [1.807, 2.05) is 18.2 Å². The lowest BCUT2D eigenvalue weighted by molar-refractivity contribution is -0.134. The lowest BCUT2D eigenvalue weighted by Crippen LogP contribution is -2.50. The molecule has 3 aliphatic rings. The van der Waals surface area contributed by atoms with Crippen LogP contribution in [0.15, 0.2) is 24.3 Å². The van der Waals surface area contributed by atoms with Crippen LogP contribution in [-0.2, 0) is 4.79 Å². The Morgan fingerprint density at radius 2 is 1.71 bits per heavy atom. The van der Waals surface area contributed by atoms with Gasteiger partial charge in [0, 0.05) is 55.7 Å². The molecule has 1 aromatic rings. The van der Waals surface area contributed by atoms with Gasteiger partial charge in [0.25, 0.3) is 0 Å². The highest BCUT2D eigenvalue weighted by Gasteiger charge is 2.35. The molecule has 0 aliphatic carbocycles. The lowest BCUT2D eigenvalue weighted by Gasteiger charge is -2.39. The maximum absolute atomic E-state index is 12.8. The molecule has 3 fully saturated rings. The molecule has 1 aromatic carbocycles. The summed E-state index contributed by atoms with van der Waals surface area (Å²) in [6, 6.07) is 9.71. The first-order valence-electron chi connectivity index (χ1n) is 10.1. The van der Waals surface area contributed by atoms with Crippen molar-refractivity contribution in [2.75, 3.05) is 26.2 Å². The molecule has 3 saturated heterocycles. The number of rotatable bonds is 4. The van der Waals surface area contributed by atoms with Gasteiger partial charge < -0.3 is 10.2 Å². The molecule has 3 aliphatic heterocycles. The number of piperidine rings is 1. The summed E-state index contributed by atoms with van der Waals surface area (Å²) in [6.07, 6.45) is 5.72. The summed E-state index contributed by atoms with van der Waals surface area (Å²) < 4.78 is 0. The van der Waals surface area contributed by atoms with E-state index < -0.39 is 0 Å². The molecule has 0 spiro atoms. The summed E-state index contributed by atoms with van der Waals surface area (Å²) in [5, 5.41) is 4.50. The van der Waals surface area contributed by atoms with E-state index in [0.29, 0.717) is 30.0 Å². The van der Waals surface area contributed by atoms with Crippen molar-refractivity contribution in [1.82, 2.24) is 15.1 Å². The van der Waals surface area contributed by atoms with E-state index in [2.05, 4.69) is 28.1 Å². The second kappa shape index (κ2) is 10.5. The van der Waals surface area contributed by atoms with Gasteiger partial charge in [0.1, 0.15) is 0 Å². The first-order valence-corrected chi connectivity index (χ1v) is 10.5. The fourth-order valence-corrected chi connectivity index (χ4v) is 5.38. The Morgan fingerprint density at radius 1 is 1.11 bits per heavy atom. The minimum absolute atomic E-state index is 0. The maximum Gasteiger partial charge on any atom is 0.222 e. The molecule has 3 unspecified atom stereocenters. The predicted molar refractivity (Wildman–Crippen MR) is 120 cm³/mol. The topological polar surface area (TPSA) is 35.6 Å². The molecule has 28 heavy (non-hydrogen) atoms. The smallest absolute Gasteiger partial charge is 0.222 e. The van der Waals surface area contributed by atoms with Gasteiger partial charge in [-0.2, -0.15) is 0 Å². The molecular weight excluding hydrogens is 417 g/mol. The van der Waals surface area contributed by atoms with Gasteiger partial charge in [0.05, 0.1) is 0 Å². The SMILES string of the molecule is CC(c1ccccc1Cl)N1CCN(C(=O)CC2CC3CCC(C2)N3)CC1.Cl.Cl. The monoisotopic (exact) mass is 447 g/mol. The van der Waals surface area contributed by atoms with E-state index in [0.717, 1.165) is 37.6 Å². The normalized spacial score (nSPS) is 28.2. The van der Waals surface area contributed by atoms with Crippen molar-refractivity contribution in [2.24, 2.45) is 5.92 Å². The molecule has 0 saturated carbocycles. The molecule has 0 aromatic heterocycles. The van der Waals surface area contributed by atoms with Crippen molar-refractivity contribution in [2.45, 2.75) is 57.2 Å². The number of carbonyl (C=O) groups is 1. The molecule has 3 atom stereocenters. The molecule has 4 rings (SSSR count). The van der Waals surface area contributed by atoms with Crippen molar-refractivity contribution in [1.29, 1.82) is 0 Å². The van der Waals surface area contributed by atoms with Gasteiger partial charge in [-0.25, -0.2) is 0 Å². The van der Waals surface area contributed by atoms with E-state index in [4.69, 9.17) is 11.6 Å². The van der Waals surface area contributed by atoms with Crippen LogP contribution in [-0.4, -0.2) is 54.0 Å². The highest BCUT2D eigenvalue weighted by atomic mass is 35.5. The third-order valence-corrected chi connectivity index (χ3v) is 6.95. The summed E-state index contributed by atoms with van der Waals surface area (Å²) in [6.45, 7) is 5.74. The van der Waals surface area contributed by atoms with Gasteiger partial charge >= 0.3 is 0 Å². The Morgan fingerprint density at radius 3 is 2.32 bits per heavy atom. The molecular formula is C21H32Cl3N3O. The van der Waals surface area contributed by atoms with Crippen LogP contribution in [0.3, 0.4) is 0 Å². The molecule has 1 N–H and O–H groups in total. The van der Waals surface area contributed by atoms with E-state index in [9.17, 15) is 4.79 Å². The highest BCUT2D eigenvalue weighted by molar-refractivity contribution is 6.31. The number of nitrogens with one attached hydrogen (secondary N) is 1. The van der Waals surface area contributed by atoms with Gasteiger partial charge in [-0.1, -0.05) is 29.8 Å². The molecule has 7 heteroatoms. The Bertz CT molecular complexity index is 640. The third-order valence-electron chi connectivity index (χ3n) is 6.60. The lowest BCUT2D eigenvalue weighted by atomic mass is 9.89. The zero-order valence-corrected chi connectivity index (χ0v) is 18.9. The average molecular weight is 449 g/mol. The average Bonchev–Trinajstić information content (AvgIpc) is 3.00. The van der Waals surface area contributed by atoms with E-state index in [-0.39, 0.29) is 24.8 Å². The molecule has 158 valence electrons. The van der Waals surface area contributed by atoms with Crippen molar-refractivity contribution < 1.29 is 4.79 Å². The molecule has 1 amide bonds. The number of benzene rings is 1. The summed E-state index contributed by atoms with van der Waals surface area (Å²) in [7, 11) is 0. The first kappa shape index (κ1) is 23.8. The standard InChI is InChI=1S/C21H30ClN3O.2ClH/c1-15(19-4-2-3-5-20(19)22)24-8-10-25(11-9-24)21(26)14-16-12-17-6-7-18(13-16)23-17;;/h2-5,15-18,23H,6-14H2,1H3;2*1H. The van der Waals surface area contributed by atoms with Crippen LogP contribution in [0.2, 0.25) is 5.02 Å². The van der Waals surface area contributed by atoms with E-state index >= 15 is 0 Å². The first-order chi connectivity index (χ1) is 12.6. The number of piperazine rings is 1. The van der Waals surface area contributed by atoms with Gasteiger partial charge in [-0.05, 0) is 50.2 Å². The largest absolute Gasteiger partial charge is 0.340 e. The second-order valence-electron chi connectivity index (χ2n) is 8.29. The van der Waals surface area contributed by atoms with E-state index in [1.165, 1.54) is 31.2 Å². The Kier molecular flexibility index (Phi) is 8.90. The zero-order valence-electron chi connectivity index (χ0n) is 16.5. The Hall–Kier alpha value is -0.520. The van der Waals surface area contributed by atoms with Crippen LogP contribution in [0.4, 0.5) is 0 Å². The van der Waals surface area contributed by atoms with Gasteiger partial charge in [-0.15, -0.1) is 24.8 Å². The van der Waals surface area contributed by atoms with Crippen LogP contribution in [0.5, 0.6) is 0 Å². The fraction of sp³-hybridized carbons (Fsp3) is 0.667. The van der Waals surface area contributed by atoms with Crippen LogP contribution in [0, 0.1) is 5.92 Å². The summed E-state index contributed by atoms with van der Waals surface area (Å²) >= 11 is 6.36. The fourth-order valence-electron chi connectivity index (χ4n) is 5.09. The molecule has 0 radical (unpaired) electrons. The number of hydrogen-bond acceptors (Lipinski definition) is 3. The third kappa shape index (κ3) is 5.34. The van der Waals surface area contributed by atoms with Gasteiger partial charge in [-0.3, -0.25) is 9.69 Å². The molecule has 4 nitrogen and oxygen atoms in total. The number of hydrogen-bond donors (Lipinski definition) is 1. The number of nitrogens with zero attached hydrogens (tertiary/aromatic N) is 2. The maximum atomic E-state index is 12.8. The predicted octanol–water partition coefficient (Wildman–Crippen LogP) is 4.31. The second-order valence-corrected chi connectivity index (χ2v) is 8.70. The van der Waals surface area contributed by atoms with Gasteiger partial charge in [0.2, 0.25) is 5.91 Å². The van der Waals surface area contributed by atoms with Crippen molar-refractivity contribution in [3.63, 3.8) is 0 Å². The van der Waals surface area contributed by atoms with Crippen LogP contribution < -0.4 is 5.32 Å². The molecule has 3 heterocycles. The summed E-state index contributed by atoms with van der Waals surface area (Å²) in [5.41, 5.74) is 1.18. The van der Waals surface area contributed by atoms with Crippen LogP contribution >= 0.6 is 36.4 Å². The van der Waals surface area contributed by atoms with Crippen LogP contribution in [0.25, 0.3) is 0 Å². The number of fused-ring (bicyclic) bond motifs is 2. The number of amides is 1. The quantitative estimate of drug-likeness (QED) is 0.745. The van der Waals surface area contributed by atoms with E-state index in [1.54, 1.807) is 0 Å². The van der Waals surface area contributed by atoms with Crippen molar-refractivity contribution in [3.8, 4) is 0 Å². The zero-order chi connectivity index (χ0) is 18.1. The Balaban J connectivity index is 0.00000140. The minimum atomic E-state index is 0. The minimum Gasteiger partial charge on any atom is -0.340 e.